The van der Waals surface area contributed by atoms with Crippen LogP contribution >= 0.6 is 0 Å². The van der Waals surface area contributed by atoms with Gasteiger partial charge in [-0.2, -0.15) is 0 Å². The van der Waals surface area contributed by atoms with E-state index < -0.39 is 0 Å². The van der Waals surface area contributed by atoms with Gasteiger partial charge in [0, 0.05) is 18.1 Å². The van der Waals surface area contributed by atoms with Gasteiger partial charge >= 0.3 is 6.03 Å². The highest BCUT2D eigenvalue weighted by atomic mass is 16.5. The van der Waals surface area contributed by atoms with E-state index in [4.69, 9.17) is 4.52 Å². The molecule has 5 heteroatoms. The van der Waals surface area contributed by atoms with Crippen LogP contribution in [0, 0.1) is 13.8 Å². The lowest BCUT2D eigenvalue weighted by molar-refractivity contribution is 0.247. The van der Waals surface area contributed by atoms with Gasteiger partial charge in [0.2, 0.25) is 0 Å². The molecule has 118 valence electrons. The SMILES string of the molecule is Cc1ccc2onc(CNC(=O)N(C)c3ccccc3C)c2c1. The smallest absolute Gasteiger partial charge is 0.321 e. The molecule has 0 atom stereocenters. The number of nitrogens with one attached hydrogen (secondary N) is 1. The van der Waals surface area contributed by atoms with Crippen molar-refractivity contribution in [1.29, 1.82) is 0 Å². The van der Waals surface area contributed by atoms with E-state index in [9.17, 15) is 4.79 Å². The topological polar surface area (TPSA) is 58.4 Å². The molecule has 1 heterocycles. The third-order valence-corrected chi connectivity index (χ3v) is 3.89. The Labute approximate surface area is 134 Å². The molecule has 0 aliphatic heterocycles. The Bertz CT molecular complexity index is 854. The minimum atomic E-state index is -0.178. The lowest BCUT2D eigenvalue weighted by Crippen LogP contribution is -2.37. The van der Waals surface area contributed by atoms with E-state index in [2.05, 4.69) is 10.5 Å². The lowest BCUT2D eigenvalue weighted by Gasteiger charge is -2.19. The number of hydrogen-bond acceptors (Lipinski definition) is 3. The largest absolute Gasteiger partial charge is 0.356 e. The molecule has 23 heavy (non-hydrogen) atoms. The molecule has 3 aromatic rings. The van der Waals surface area contributed by atoms with Crippen LogP contribution in [0.3, 0.4) is 0 Å². The zero-order valence-electron chi connectivity index (χ0n) is 13.5. The summed E-state index contributed by atoms with van der Waals surface area (Å²) < 4.78 is 5.29. The first kappa shape index (κ1) is 15.1. The third-order valence-electron chi connectivity index (χ3n) is 3.89. The number of carbonyl (C=O) groups is 1. The van der Waals surface area contributed by atoms with Crippen molar-refractivity contribution in [2.45, 2.75) is 20.4 Å². The summed E-state index contributed by atoms with van der Waals surface area (Å²) in [6.07, 6.45) is 0. The molecule has 2 amide bonds. The van der Waals surface area contributed by atoms with Crippen LogP contribution in [0.1, 0.15) is 16.8 Å². The molecule has 0 aliphatic rings. The first-order chi connectivity index (χ1) is 11.1. The number of fused-ring (bicyclic) bond motifs is 1. The Morgan fingerprint density at radius 1 is 1.22 bits per heavy atom. The van der Waals surface area contributed by atoms with Gasteiger partial charge in [-0.1, -0.05) is 35.0 Å². The monoisotopic (exact) mass is 309 g/mol. The number of anilines is 1. The van der Waals surface area contributed by atoms with Crippen molar-refractivity contribution < 1.29 is 9.32 Å². The number of carbonyl (C=O) groups excluding carboxylic acids is 1. The quantitative estimate of drug-likeness (QED) is 0.800. The zero-order valence-corrected chi connectivity index (χ0v) is 13.5. The van der Waals surface area contributed by atoms with Gasteiger partial charge in [0.15, 0.2) is 5.58 Å². The number of para-hydroxylation sites is 1. The normalized spacial score (nSPS) is 10.7. The molecule has 1 N–H and O–H groups in total. The predicted molar refractivity (Wildman–Crippen MR) is 90.6 cm³/mol. The first-order valence-corrected chi connectivity index (χ1v) is 7.48. The van der Waals surface area contributed by atoms with Gasteiger partial charge in [0.1, 0.15) is 5.69 Å². The molecular weight excluding hydrogens is 290 g/mol. The molecule has 0 bridgehead atoms. The number of nitrogens with zero attached hydrogens (tertiary/aromatic N) is 2. The van der Waals surface area contributed by atoms with Crippen molar-refractivity contribution in [3.63, 3.8) is 0 Å². The predicted octanol–water partition coefficient (Wildman–Crippen LogP) is 3.79. The Morgan fingerprint density at radius 3 is 2.78 bits per heavy atom. The van der Waals surface area contributed by atoms with Crippen LogP contribution in [-0.4, -0.2) is 18.2 Å². The average molecular weight is 309 g/mol. The van der Waals surface area contributed by atoms with Crippen molar-refractivity contribution >= 4 is 22.7 Å². The molecule has 3 rings (SSSR count). The van der Waals surface area contributed by atoms with E-state index in [1.165, 1.54) is 0 Å². The number of hydrogen-bond donors (Lipinski definition) is 1. The number of aromatic nitrogens is 1. The second kappa shape index (κ2) is 6.12. The molecular formula is C18H19N3O2. The van der Waals surface area contributed by atoms with Gasteiger partial charge < -0.3 is 9.84 Å². The van der Waals surface area contributed by atoms with Crippen molar-refractivity contribution in [2.75, 3.05) is 11.9 Å². The highest BCUT2D eigenvalue weighted by molar-refractivity contribution is 5.92. The van der Waals surface area contributed by atoms with Crippen LogP contribution in [-0.2, 0) is 6.54 Å². The van der Waals surface area contributed by atoms with E-state index in [1.54, 1.807) is 11.9 Å². The Morgan fingerprint density at radius 2 is 2.00 bits per heavy atom. The first-order valence-electron chi connectivity index (χ1n) is 7.48. The van der Waals surface area contributed by atoms with Gasteiger partial charge in [-0.05, 0) is 37.6 Å². The molecule has 0 radical (unpaired) electrons. The highest BCUT2D eigenvalue weighted by Crippen LogP contribution is 2.20. The van der Waals surface area contributed by atoms with Crippen LogP contribution in [0.2, 0.25) is 0 Å². The summed E-state index contributed by atoms with van der Waals surface area (Å²) in [7, 11) is 1.75. The van der Waals surface area contributed by atoms with Gasteiger partial charge in [-0.3, -0.25) is 4.90 Å². The lowest BCUT2D eigenvalue weighted by atomic mass is 10.1. The number of rotatable bonds is 3. The summed E-state index contributed by atoms with van der Waals surface area (Å²) in [4.78, 5) is 14.0. The van der Waals surface area contributed by atoms with E-state index >= 15 is 0 Å². The Kier molecular flexibility index (Phi) is 4.02. The molecule has 1 aromatic heterocycles. The molecule has 0 saturated carbocycles. The summed E-state index contributed by atoms with van der Waals surface area (Å²) in [6.45, 7) is 4.32. The van der Waals surface area contributed by atoms with Crippen molar-refractivity contribution in [1.82, 2.24) is 10.5 Å². The molecule has 0 aliphatic carbocycles. The molecule has 2 aromatic carbocycles. The van der Waals surface area contributed by atoms with E-state index in [1.807, 2.05) is 56.3 Å². The fraction of sp³-hybridized carbons (Fsp3) is 0.222. The maximum atomic E-state index is 12.4. The van der Waals surface area contributed by atoms with Crippen molar-refractivity contribution in [2.24, 2.45) is 0 Å². The van der Waals surface area contributed by atoms with Gasteiger partial charge in [-0.25, -0.2) is 4.79 Å². The van der Waals surface area contributed by atoms with E-state index in [0.29, 0.717) is 6.54 Å². The number of urea groups is 1. The van der Waals surface area contributed by atoms with E-state index in [0.717, 1.165) is 33.5 Å². The summed E-state index contributed by atoms with van der Waals surface area (Å²) in [5.41, 5.74) is 4.52. The van der Waals surface area contributed by atoms with Crippen molar-refractivity contribution in [3.05, 3.63) is 59.3 Å². The maximum absolute atomic E-state index is 12.4. The molecule has 0 fully saturated rings. The average Bonchev–Trinajstić information content (AvgIpc) is 2.94. The van der Waals surface area contributed by atoms with Crippen molar-refractivity contribution in [3.8, 4) is 0 Å². The molecule has 0 spiro atoms. The summed E-state index contributed by atoms with van der Waals surface area (Å²) in [6, 6.07) is 13.5. The van der Waals surface area contributed by atoms with Gasteiger partial charge in [0.25, 0.3) is 0 Å². The number of benzene rings is 2. The van der Waals surface area contributed by atoms with Crippen LogP contribution in [0.5, 0.6) is 0 Å². The summed E-state index contributed by atoms with van der Waals surface area (Å²) in [5.74, 6) is 0. The maximum Gasteiger partial charge on any atom is 0.321 e. The Balaban J connectivity index is 1.73. The number of amides is 2. The third kappa shape index (κ3) is 3.04. The standard InChI is InChI=1S/C18H19N3O2/c1-12-8-9-17-14(10-12)15(20-23-17)11-19-18(22)21(3)16-7-5-4-6-13(16)2/h4-10H,11H2,1-3H3,(H,19,22). The zero-order chi connectivity index (χ0) is 16.4. The minimum absolute atomic E-state index is 0.178. The molecule has 5 nitrogen and oxygen atoms in total. The van der Waals surface area contributed by atoms with E-state index in [-0.39, 0.29) is 6.03 Å². The Hall–Kier alpha value is -2.82. The van der Waals surface area contributed by atoms with Gasteiger partial charge in [0.05, 0.1) is 6.54 Å². The highest BCUT2D eigenvalue weighted by Gasteiger charge is 2.14. The van der Waals surface area contributed by atoms with Crippen LogP contribution < -0.4 is 10.2 Å². The summed E-state index contributed by atoms with van der Waals surface area (Å²) in [5, 5.41) is 7.87. The van der Waals surface area contributed by atoms with Crippen LogP contribution in [0.25, 0.3) is 11.0 Å². The second-order valence-electron chi connectivity index (χ2n) is 5.63. The fourth-order valence-corrected chi connectivity index (χ4v) is 2.56. The number of aryl methyl sites for hydroxylation is 2. The molecule has 0 unspecified atom stereocenters. The van der Waals surface area contributed by atoms with Crippen LogP contribution in [0.4, 0.5) is 10.5 Å². The molecule has 0 saturated heterocycles. The fourth-order valence-electron chi connectivity index (χ4n) is 2.56. The van der Waals surface area contributed by atoms with Gasteiger partial charge in [-0.15, -0.1) is 0 Å². The summed E-state index contributed by atoms with van der Waals surface area (Å²) >= 11 is 0. The van der Waals surface area contributed by atoms with Crippen LogP contribution in [0.15, 0.2) is 47.0 Å². The minimum Gasteiger partial charge on any atom is -0.356 e. The second-order valence-corrected chi connectivity index (χ2v) is 5.63.